The van der Waals surface area contributed by atoms with Gasteiger partial charge in [-0.25, -0.2) is 0 Å². The number of amides is 2. The van der Waals surface area contributed by atoms with E-state index in [4.69, 9.17) is 0 Å². The lowest BCUT2D eigenvalue weighted by Crippen LogP contribution is -2.24. The summed E-state index contributed by atoms with van der Waals surface area (Å²) < 4.78 is 1.72. The van der Waals surface area contributed by atoms with Crippen molar-refractivity contribution in [1.82, 2.24) is 4.40 Å². The molecule has 0 saturated carbocycles. The summed E-state index contributed by atoms with van der Waals surface area (Å²) in [5, 5.41) is 5.28. The predicted octanol–water partition coefficient (Wildman–Crippen LogP) is 4.39. The van der Waals surface area contributed by atoms with Gasteiger partial charge in [0.25, 0.3) is 11.7 Å². The van der Waals surface area contributed by atoms with Crippen molar-refractivity contribution in [1.29, 1.82) is 0 Å². The molecule has 0 saturated heterocycles. The highest BCUT2D eigenvalue weighted by atomic mass is 16.2. The van der Waals surface area contributed by atoms with Gasteiger partial charge in [-0.3, -0.25) is 14.4 Å². The van der Waals surface area contributed by atoms with Crippen molar-refractivity contribution in [3.63, 3.8) is 0 Å². The largest absolute Gasteiger partial charge is 0.326 e. The van der Waals surface area contributed by atoms with E-state index in [1.165, 1.54) is 6.92 Å². The number of anilines is 2. The van der Waals surface area contributed by atoms with Gasteiger partial charge in [-0.05, 0) is 42.0 Å². The van der Waals surface area contributed by atoms with Crippen LogP contribution in [0.25, 0.3) is 16.6 Å². The first-order chi connectivity index (χ1) is 14.5. The summed E-state index contributed by atoms with van der Waals surface area (Å²) >= 11 is 0. The van der Waals surface area contributed by atoms with E-state index in [-0.39, 0.29) is 5.91 Å². The van der Waals surface area contributed by atoms with Gasteiger partial charge < -0.3 is 15.0 Å². The molecule has 2 aromatic heterocycles. The number of hydrogen-bond donors (Lipinski definition) is 2. The van der Waals surface area contributed by atoms with Crippen molar-refractivity contribution in [3.05, 3.63) is 90.8 Å². The van der Waals surface area contributed by atoms with Crippen LogP contribution < -0.4 is 10.6 Å². The minimum atomic E-state index is -0.754. The van der Waals surface area contributed by atoms with Crippen LogP contribution in [0.4, 0.5) is 11.4 Å². The molecule has 0 aliphatic heterocycles. The fourth-order valence-electron chi connectivity index (χ4n) is 3.37. The number of hydrogen-bond acceptors (Lipinski definition) is 3. The summed E-state index contributed by atoms with van der Waals surface area (Å²) in [6.45, 7) is 1.40. The molecule has 4 rings (SSSR count). The predicted molar refractivity (Wildman–Crippen MR) is 117 cm³/mol. The first kappa shape index (κ1) is 19.1. The molecule has 2 aromatic carbocycles. The molecule has 30 heavy (non-hydrogen) atoms. The Bertz CT molecular complexity index is 1260. The summed E-state index contributed by atoms with van der Waals surface area (Å²) in [5.41, 5.74) is 3.61. The van der Waals surface area contributed by atoms with Crippen molar-refractivity contribution < 1.29 is 14.4 Å². The molecule has 0 unspecified atom stereocenters. The van der Waals surface area contributed by atoms with E-state index < -0.39 is 11.7 Å². The number of fused-ring (bicyclic) bond motifs is 1. The van der Waals surface area contributed by atoms with Crippen LogP contribution in [0.3, 0.4) is 0 Å². The van der Waals surface area contributed by atoms with Crippen LogP contribution in [0.5, 0.6) is 0 Å². The maximum atomic E-state index is 13.2. The molecule has 0 aliphatic carbocycles. The van der Waals surface area contributed by atoms with E-state index in [2.05, 4.69) is 10.6 Å². The third-order valence-electron chi connectivity index (χ3n) is 4.63. The second kappa shape index (κ2) is 8.05. The van der Waals surface area contributed by atoms with Gasteiger partial charge in [0.05, 0.1) is 0 Å². The van der Waals surface area contributed by atoms with Crippen LogP contribution in [0.15, 0.2) is 85.1 Å². The van der Waals surface area contributed by atoms with E-state index in [9.17, 15) is 14.4 Å². The third kappa shape index (κ3) is 3.84. The Hall–Kier alpha value is -4.19. The summed E-state index contributed by atoms with van der Waals surface area (Å²) in [5.74, 6) is -1.62. The summed E-state index contributed by atoms with van der Waals surface area (Å²) in [6, 6.07) is 23.6. The molecule has 2 heterocycles. The first-order valence-corrected chi connectivity index (χ1v) is 9.42. The van der Waals surface area contributed by atoms with Crippen LogP contribution in [0.2, 0.25) is 0 Å². The quantitative estimate of drug-likeness (QED) is 0.387. The number of ketones is 1. The van der Waals surface area contributed by atoms with Gasteiger partial charge in [-0.1, -0.05) is 42.5 Å². The molecular formula is C24H19N3O3. The van der Waals surface area contributed by atoms with Crippen LogP contribution in [-0.4, -0.2) is 22.0 Å². The average Bonchev–Trinajstić information content (AvgIpc) is 3.13. The topological polar surface area (TPSA) is 79.7 Å². The van der Waals surface area contributed by atoms with Crippen LogP contribution in [-0.2, 0) is 9.59 Å². The van der Waals surface area contributed by atoms with Gasteiger partial charge in [0.2, 0.25) is 5.91 Å². The van der Waals surface area contributed by atoms with E-state index >= 15 is 0 Å². The second-order valence-electron chi connectivity index (χ2n) is 6.81. The molecule has 6 heteroatoms. The number of nitrogens with zero attached hydrogens (tertiary/aromatic N) is 1. The molecule has 0 atom stereocenters. The van der Waals surface area contributed by atoms with E-state index in [1.54, 1.807) is 34.9 Å². The molecule has 0 radical (unpaired) electrons. The van der Waals surface area contributed by atoms with Crippen LogP contribution >= 0.6 is 0 Å². The molecule has 148 valence electrons. The van der Waals surface area contributed by atoms with Gasteiger partial charge >= 0.3 is 0 Å². The Balaban J connectivity index is 1.69. The highest BCUT2D eigenvalue weighted by Gasteiger charge is 2.24. The highest BCUT2D eigenvalue weighted by molar-refractivity contribution is 6.47. The minimum Gasteiger partial charge on any atom is -0.326 e. The molecular weight excluding hydrogens is 378 g/mol. The second-order valence-corrected chi connectivity index (χ2v) is 6.81. The zero-order valence-electron chi connectivity index (χ0n) is 16.3. The lowest BCUT2D eigenvalue weighted by Gasteiger charge is -2.09. The molecule has 0 spiro atoms. The Morgan fingerprint density at radius 3 is 2.20 bits per heavy atom. The maximum absolute atomic E-state index is 13.2. The van der Waals surface area contributed by atoms with Gasteiger partial charge in [0.1, 0.15) is 5.69 Å². The summed E-state index contributed by atoms with van der Waals surface area (Å²) in [7, 11) is 0. The van der Waals surface area contributed by atoms with Crippen molar-refractivity contribution in [2.45, 2.75) is 6.92 Å². The van der Waals surface area contributed by atoms with E-state index in [0.717, 1.165) is 11.1 Å². The maximum Gasteiger partial charge on any atom is 0.298 e. The average molecular weight is 397 g/mol. The van der Waals surface area contributed by atoms with Crippen LogP contribution in [0.1, 0.15) is 17.4 Å². The fourth-order valence-corrected chi connectivity index (χ4v) is 3.37. The van der Waals surface area contributed by atoms with Gasteiger partial charge in [0.15, 0.2) is 0 Å². The Kier molecular flexibility index (Phi) is 5.13. The van der Waals surface area contributed by atoms with Crippen molar-refractivity contribution in [3.8, 4) is 11.1 Å². The van der Waals surface area contributed by atoms with Crippen LogP contribution in [0, 0.1) is 0 Å². The fraction of sp³-hybridized carbons (Fsp3) is 0.0417. The Labute approximate surface area is 173 Å². The van der Waals surface area contributed by atoms with Gasteiger partial charge in [-0.2, -0.15) is 0 Å². The zero-order valence-corrected chi connectivity index (χ0v) is 16.3. The smallest absolute Gasteiger partial charge is 0.298 e. The molecule has 0 aliphatic rings. The lowest BCUT2D eigenvalue weighted by molar-refractivity contribution is -0.114. The lowest BCUT2D eigenvalue weighted by atomic mass is 10.0. The zero-order chi connectivity index (χ0) is 21.1. The molecule has 0 bridgehead atoms. The number of nitrogens with one attached hydrogen (secondary N) is 2. The van der Waals surface area contributed by atoms with E-state index in [1.807, 2.05) is 54.6 Å². The number of carbonyl (C=O) groups excluding carboxylic acids is 3. The number of benzene rings is 2. The first-order valence-electron chi connectivity index (χ1n) is 9.42. The number of aromatic nitrogens is 1. The molecule has 4 aromatic rings. The number of Topliss-reactive ketones (excluding diaryl/α,β-unsaturated/α-hetero) is 1. The Morgan fingerprint density at radius 2 is 1.47 bits per heavy atom. The molecule has 2 amide bonds. The van der Waals surface area contributed by atoms with Crippen molar-refractivity contribution >= 4 is 34.5 Å². The SMILES string of the molecule is CC(=O)Nc1cccc(NC(=O)C(=O)c2c(-c3ccccc3)cc3ccccn23)c1. The van der Waals surface area contributed by atoms with Crippen molar-refractivity contribution in [2.75, 3.05) is 10.6 Å². The molecule has 0 fully saturated rings. The monoisotopic (exact) mass is 397 g/mol. The Morgan fingerprint density at radius 1 is 0.767 bits per heavy atom. The number of pyridine rings is 1. The molecule has 2 N–H and O–H groups in total. The number of carbonyl (C=O) groups is 3. The minimum absolute atomic E-state index is 0.221. The summed E-state index contributed by atoms with van der Waals surface area (Å²) in [4.78, 5) is 37.2. The number of rotatable bonds is 5. The summed E-state index contributed by atoms with van der Waals surface area (Å²) in [6.07, 6.45) is 1.76. The van der Waals surface area contributed by atoms with E-state index in [0.29, 0.717) is 22.6 Å². The standard InChI is InChI=1S/C24H19N3O3/c1-16(28)25-18-10-7-11-19(14-18)26-24(30)23(29)22-21(17-8-3-2-4-9-17)15-20-12-5-6-13-27(20)22/h2-15H,1H3,(H,25,28)(H,26,30). The third-order valence-corrected chi connectivity index (χ3v) is 4.63. The highest BCUT2D eigenvalue weighted by Crippen LogP contribution is 2.28. The normalized spacial score (nSPS) is 10.6. The van der Waals surface area contributed by atoms with Gasteiger partial charge in [0, 0.05) is 35.6 Å². The molecule has 6 nitrogen and oxygen atoms in total. The van der Waals surface area contributed by atoms with Crippen molar-refractivity contribution in [2.24, 2.45) is 0 Å². The van der Waals surface area contributed by atoms with Gasteiger partial charge in [-0.15, -0.1) is 0 Å².